The second kappa shape index (κ2) is 11.5. The highest BCUT2D eigenvalue weighted by Crippen LogP contribution is 2.20. The monoisotopic (exact) mass is 482 g/mol. The molecule has 2 N–H and O–H groups in total. The third kappa shape index (κ3) is 6.44. The van der Waals surface area contributed by atoms with Gasteiger partial charge in [-0.05, 0) is 44.0 Å². The van der Waals surface area contributed by atoms with E-state index in [0.717, 1.165) is 17.3 Å². The molecule has 1 heterocycles. The van der Waals surface area contributed by atoms with Crippen molar-refractivity contribution in [3.05, 3.63) is 70.0 Å². The van der Waals surface area contributed by atoms with E-state index in [2.05, 4.69) is 15.6 Å². The molecule has 2 aromatic carbocycles. The summed E-state index contributed by atoms with van der Waals surface area (Å²) in [6, 6.07) is 13.6. The minimum Gasteiger partial charge on any atom is -0.465 e. The molecule has 1 aromatic heterocycles. The molecule has 10 heteroatoms. The first-order valence-corrected chi connectivity index (χ1v) is 11.7. The fraction of sp³-hybridized carbons (Fsp3) is 0.292. The van der Waals surface area contributed by atoms with Crippen LogP contribution in [0.5, 0.6) is 0 Å². The van der Waals surface area contributed by atoms with Crippen LogP contribution in [0, 0.1) is 0 Å². The number of nitrogens with one attached hydrogen (secondary N) is 2. The Morgan fingerprint density at radius 1 is 1.12 bits per heavy atom. The molecule has 0 aliphatic carbocycles. The Morgan fingerprint density at radius 3 is 2.53 bits per heavy atom. The molecule has 0 atom stereocenters. The molecule has 3 aromatic rings. The van der Waals surface area contributed by atoms with Gasteiger partial charge < -0.3 is 10.1 Å². The molecule has 0 radical (unpaired) electrons. The minimum atomic E-state index is -0.587. The average Bonchev–Trinajstić information content (AvgIpc) is 2.81. The third-order valence-electron chi connectivity index (χ3n) is 4.81. The number of aryl methyl sites for hydroxylation is 1. The number of thioether (sulfide) groups is 1. The number of amides is 3. The molecule has 0 aliphatic heterocycles. The Balaban J connectivity index is 1.91. The summed E-state index contributed by atoms with van der Waals surface area (Å²) in [6.45, 7) is 3.92. The number of carbonyl (C=O) groups excluding carboxylic acids is 3. The highest BCUT2D eigenvalue weighted by atomic mass is 32.2. The summed E-state index contributed by atoms with van der Waals surface area (Å²) in [4.78, 5) is 53.8. The van der Waals surface area contributed by atoms with E-state index in [4.69, 9.17) is 4.74 Å². The highest BCUT2D eigenvalue weighted by Gasteiger charge is 2.16. The van der Waals surface area contributed by atoms with Crippen molar-refractivity contribution in [1.29, 1.82) is 0 Å². The molecule has 0 saturated heterocycles. The van der Waals surface area contributed by atoms with Gasteiger partial charge in [-0.15, -0.1) is 0 Å². The fourth-order valence-electron chi connectivity index (χ4n) is 3.23. The Bertz CT molecular complexity index is 1260. The zero-order chi connectivity index (χ0) is 24.7. The fourth-order valence-corrected chi connectivity index (χ4v) is 4.05. The maximum atomic E-state index is 13.3. The van der Waals surface area contributed by atoms with Crippen LogP contribution in [0.1, 0.15) is 29.8 Å². The van der Waals surface area contributed by atoms with Gasteiger partial charge in [-0.3, -0.25) is 19.5 Å². The quantitative estimate of drug-likeness (QED) is 0.288. The maximum absolute atomic E-state index is 13.3. The molecule has 3 rings (SSSR count). The summed E-state index contributed by atoms with van der Waals surface area (Å²) in [5.41, 5.74) is 1.36. The van der Waals surface area contributed by atoms with E-state index in [9.17, 15) is 19.2 Å². The number of nitrogens with zero attached hydrogens (tertiary/aromatic N) is 2. The Hall–Kier alpha value is -3.66. The minimum absolute atomic E-state index is 0.116. The van der Waals surface area contributed by atoms with Crippen LogP contribution < -0.4 is 16.2 Å². The predicted molar refractivity (Wildman–Crippen MR) is 130 cm³/mol. The van der Waals surface area contributed by atoms with Crippen molar-refractivity contribution in [3.63, 3.8) is 0 Å². The zero-order valence-corrected chi connectivity index (χ0v) is 20.0. The molecular formula is C24H26N4O5S. The Morgan fingerprint density at radius 2 is 1.85 bits per heavy atom. The molecule has 178 valence electrons. The van der Waals surface area contributed by atoms with Crippen molar-refractivity contribution in [2.75, 3.05) is 12.9 Å². The number of rotatable bonds is 8. The van der Waals surface area contributed by atoms with Gasteiger partial charge in [-0.2, -0.15) is 0 Å². The van der Waals surface area contributed by atoms with Crippen molar-refractivity contribution < 1.29 is 19.1 Å². The Kier molecular flexibility index (Phi) is 8.42. The van der Waals surface area contributed by atoms with Gasteiger partial charge >= 0.3 is 12.0 Å². The van der Waals surface area contributed by atoms with Crippen LogP contribution in [0.2, 0.25) is 0 Å². The van der Waals surface area contributed by atoms with Crippen LogP contribution in [0.15, 0.2) is 58.5 Å². The molecule has 9 nitrogen and oxygen atoms in total. The van der Waals surface area contributed by atoms with Crippen molar-refractivity contribution in [2.45, 2.75) is 38.0 Å². The zero-order valence-electron chi connectivity index (χ0n) is 19.2. The number of benzene rings is 2. The summed E-state index contributed by atoms with van der Waals surface area (Å²) in [5.74, 6) is -1.18. The molecule has 0 aliphatic rings. The third-order valence-corrected chi connectivity index (χ3v) is 5.79. The molecule has 0 spiro atoms. The number of carbonyl (C=O) groups is 3. The molecule has 0 fully saturated rings. The lowest BCUT2D eigenvalue weighted by Crippen LogP contribution is -2.43. The first kappa shape index (κ1) is 25.0. The van der Waals surface area contributed by atoms with Crippen LogP contribution in [0.25, 0.3) is 10.9 Å². The van der Waals surface area contributed by atoms with Gasteiger partial charge in [-0.1, -0.05) is 42.1 Å². The number of hydrogen-bond donors (Lipinski definition) is 2. The number of urea groups is 1. The number of fused-ring (bicyclic) bond motifs is 1. The molecule has 0 saturated carbocycles. The number of imide groups is 1. The number of methoxy groups -OCH3 is 1. The van der Waals surface area contributed by atoms with Crippen LogP contribution in [0.3, 0.4) is 0 Å². The van der Waals surface area contributed by atoms with Crippen molar-refractivity contribution in [2.24, 2.45) is 0 Å². The first-order chi connectivity index (χ1) is 16.3. The van der Waals surface area contributed by atoms with Crippen LogP contribution in [0.4, 0.5) is 4.79 Å². The highest BCUT2D eigenvalue weighted by molar-refractivity contribution is 7.99. The van der Waals surface area contributed by atoms with Crippen LogP contribution in [-0.2, 0) is 22.5 Å². The number of esters is 1. The van der Waals surface area contributed by atoms with Gasteiger partial charge in [0.2, 0.25) is 5.91 Å². The topological polar surface area (TPSA) is 119 Å². The van der Waals surface area contributed by atoms with E-state index >= 15 is 0 Å². The summed E-state index contributed by atoms with van der Waals surface area (Å²) in [7, 11) is 1.27. The number of aromatic nitrogens is 2. The van der Waals surface area contributed by atoms with E-state index in [-0.39, 0.29) is 22.9 Å². The average molecular weight is 483 g/mol. The van der Waals surface area contributed by atoms with Gasteiger partial charge in [0.25, 0.3) is 5.56 Å². The van der Waals surface area contributed by atoms with Gasteiger partial charge in [-0.25, -0.2) is 14.6 Å². The molecular weight excluding hydrogens is 456 g/mol. The summed E-state index contributed by atoms with van der Waals surface area (Å²) in [5, 5.41) is 5.51. The summed E-state index contributed by atoms with van der Waals surface area (Å²) >= 11 is 1.04. The van der Waals surface area contributed by atoms with Gasteiger partial charge in [0.15, 0.2) is 5.16 Å². The molecule has 34 heavy (non-hydrogen) atoms. The largest absolute Gasteiger partial charge is 0.465 e. The standard InChI is InChI=1S/C24H26N4O5S/c1-15(2)25-23(32)27-20(29)14-34-24-26-19-13-17(22(31)33-3)9-10-18(19)21(30)28(24)12-11-16-7-5-4-6-8-16/h4-10,13,15H,11-12,14H2,1-3H3,(H2,25,27,29,32). The number of hydrogen-bond acceptors (Lipinski definition) is 7. The molecule has 3 amide bonds. The summed E-state index contributed by atoms with van der Waals surface area (Å²) in [6.07, 6.45) is 0.588. The van der Waals surface area contributed by atoms with E-state index in [1.165, 1.54) is 23.8 Å². The smallest absolute Gasteiger partial charge is 0.337 e. The van der Waals surface area contributed by atoms with E-state index in [1.807, 2.05) is 30.3 Å². The van der Waals surface area contributed by atoms with Crippen LogP contribution in [-0.4, -0.2) is 46.4 Å². The lowest BCUT2D eigenvalue weighted by Gasteiger charge is -2.14. The van der Waals surface area contributed by atoms with Crippen LogP contribution >= 0.6 is 11.8 Å². The first-order valence-electron chi connectivity index (χ1n) is 10.7. The van der Waals surface area contributed by atoms with Gasteiger partial charge in [0.05, 0.1) is 29.3 Å². The van der Waals surface area contributed by atoms with Gasteiger partial charge in [0, 0.05) is 12.6 Å². The second-order valence-electron chi connectivity index (χ2n) is 7.78. The predicted octanol–water partition coefficient (Wildman–Crippen LogP) is 2.75. The number of ether oxygens (including phenoxy) is 1. The van der Waals surface area contributed by atoms with Gasteiger partial charge in [0.1, 0.15) is 0 Å². The van der Waals surface area contributed by atoms with Crippen molar-refractivity contribution in [3.8, 4) is 0 Å². The second-order valence-corrected chi connectivity index (χ2v) is 8.72. The Labute approximate surface area is 200 Å². The van der Waals surface area contributed by atoms with Crippen molar-refractivity contribution in [1.82, 2.24) is 20.2 Å². The van der Waals surface area contributed by atoms with E-state index in [0.29, 0.717) is 29.0 Å². The SMILES string of the molecule is COC(=O)c1ccc2c(=O)n(CCc3ccccc3)c(SCC(=O)NC(=O)NC(C)C)nc2c1. The van der Waals surface area contributed by atoms with E-state index in [1.54, 1.807) is 19.9 Å². The maximum Gasteiger partial charge on any atom is 0.337 e. The van der Waals surface area contributed by atoms with E-state index < -0.39 is 17.9 Å². The molecule has 0 bridgehead atoms. The lowest BCUT2D eigenvalue weighted by molar-refractivity contribution is -0.117. The lowest BCUT2D eigenvalue weighted by atomic mass is 10.1. The summed E-state index contributed by atoms with van der Waals surface area (Å²) < 4.78 is 6.27. The molecule has 0 unspecified atom stereocenters. The van der Waals surface area contributed by atoms with Crippen molar-refractivity contribution >= 4 is 40.6 Å². The normalized spacial score (nSPS) is 10.8.